The molecule has 0 aromatic carbocycles. The van der Waals surface area contributed by atoms with Gasteiger partial charge >= 0.3 is 0 Å². The average molecular weight is 239 g/mol. The largest absolute Gasteiger partial charge is 0.380 e. The number of methoxy groups -OCH3 is 1. The first-order valence-electron chi connectivity index (χ1n) is 6.59. The molecule has 17 heavy (non-hydrogen) atoms. The van der Waals surface area contributed by atoms with Crippen LogP contribution in [0.3, 0.4) is 0 Å². The monoisotopic (exact) mass is 239 g/mol. The van der Waals surface area contributed by atoms with Gasteiger partial charge < -0.3 is 10.1 Å². The highest BCUT2D eigenvalue weighted by molar-refractivity contribution is 4.93. The molecular formula is C13H25N3O. The fourth-order valence-electron chi connectivity index (χ4n) is 2.30. The third kappa shape index (κ3) is 4.63. The summed E-state index contributed by atoms with van der Waals surface area (Å²) in [6, 6.07) is 2.28. The van der Waals surface area contributed by atoms with Crippen molar-refractivity contribution in [2.75, 3.05) is 33.3 Å². The molecule has 4 nitrogen and oxygen atoms in total. The highest BCUT2D eigenvalue weighted by Crippen LogP contribution is 2.19. The zero-order valence-electron chi connectivity index (χ0n) is 11.3. The molecule has 0 radical (unpaired) electrons. The highest BCUT2D eigenvalue weighted by atomic mass is 16.5. The second kappa shape index (κ2) is 7.65. The van der Waals surface area contributed by atoms with E-state index in [0.29, 0.717) is 12.0 Å². The predicted octanol–water partition coefficient (Wildman–Crippen LogP) is 1.23. The van der Waals surface area contributed by atoms with Crippen molar-refractivity contribution in [3.63, 3.8) is 0 Å². The van der Waals surface area contributed by atoms with Crippen LogP contribution in [0.15, 0.2) is 0 Å². The Morgan fingerprint density at radius 2 is 2.35 bits per heavy atom. The molecule has 3 unspecified atom stereocenters. The van der Waals surface area contributed by atoms with Gasteiger partial charge in [0.2, 0.25) is 0 Å². The van der Waals surface area contributed by atoms with Gasteiger partial charge in [-0.25, -0.2) is 0 Å². The maximum atomic E-state index is 9.09. The van der Waals surface area contributed by atoms with Crippen LogP contribution in [0.4, 0.5) is 0 Å². The first-order chi connectivity index (χ1) is 8.21. The van der Waals surface area contributed by atoms with Crippen molar-refractivity contribution in [2.24, 2.45) is 5.92 Å². The van der Waals surface area contributed by atoms with E-state index < -0.39 is 0 Å². The summed E-state index contributed by atoms with van der Waals surface area (Å²) in [7, 11) is 1.78. The number of nitrogens with one attached hydrogen (secondary N) is 1. The summed E-state index contributed by atoms with van der Waals surface area (Å²) in [5, 5.41) is 12.4. The molecule has 0 aromatic rings. The molecule has 0 spiro atoms. The van der Waals surface area contributed by atoms with Crippen molar-refractivity contribution in [3.05, 3.63) is 0 Å². The lowest BCUT2D eigenvalue weighted by Gasteiger charge is -2.37. The molecule has 0 aromatic heterocycles. The quantitative estimate of drug-likeness (QED) is 0.757. The van der Waals surface area contributed by atoms with Crippen LogP contribution in [0.1, 0.15) is 26.7 Å². The molecule has 1 rings (SSSR count). The predicted molar refractivity (Wildman–Crippen MR) is 68.7 cm³/mol. The first kappa shape index (κ1) is 14.4. The molecule has 0 saturated carbocycles. The number of ether oxygens (including phenoxy) is 1. The summed E-state index contributed by atoms with van der Waals surface area (Å²) < 4.78 is 5.49. The number of nitrogens with zero attached hydrogens (tertiary/aromatic N) is 2. The molecule has 1 saturated heterocycles. The first-order valence-corrected chi connectivity index (χ1v) is 6.59. The van der Waals surface area contributed by atoms with Crippen LogP contribution in [0.2, 0.25) is 0 Å². The van der Waals surface area contributed by atoms with Gasteiger partial charge in [-0.15, -0.1) is 0 Å². The Morgan fingerprint density at radius 3 is 2.94 bits per heavy atom. The molecule has 1 fully saturated rings. The van der Waals surface area contributed by atoms with Crippen LogP contribution in [0.25, 0.3) is 0 Å². The normalized spacial score (nSPS) is 27.6. The van der Waals surface area contributed by atoms with Gasteiger partial charge in [-0.3, -0.25) is 4.90 Å². The lowest BCUT2D eigenvalue weighted by atomic mass is 9.95. The number of rotatable bonds is 6. The van der Waals surface area contributed by atoms with E-state index in [1.165, 1.54) is 0 Å². The van der Waals surface area contributed by atoms with Crippen molar-refractivity contribution in [3.8, 4) is 6.07 Å². The zero-order chi connectivity index (χ0) is 12.7. The Morgan fingerprint density at radius 1 is 1.59 bits per heavy atom. The van der Waals surface area contributed by atoms with E-state index in [1.54, 1.807) is 7.11 Å². The van der Waals surface area contributed by atoms with Gasteiger partial charge in [0.1, 0.15) is 6.04 Å². The van der Waals surface area contributed by atoms with E-state index in [-0.39, 0.29) is 6.04 Å². The minimum Gasteiger partial charge on any atom is -0.380 e. The van der Waals surface area contributed by atoms with E-state index in [9.17, 15) is 0 Å². The second-order valence-corrected chi connectivity index (χ2v) is 4.94. The average Bonchev–Trinajstić information content (AvgIpc) is 2.36. The van der Waals surface area contributed by atoms with Crippen LogP contribution in [-0.4, -0.2) is 50.3 Å². The third-order valence-corrected chi connectivity index (χ3v) is 3.51. The van der Waals surface area contributed by atoms with Gasteiger partial charge in [0, 0.05) is 20.2 Å². The number of hydrogen-bond acceptors (Lipinski definition) is 4. The summed E-state index contributed by atoms with van der Waals surface area (Å²) >= 11 is 0. The Labute approximate surface area is 105 Å². The molecule has 4 heteroatoms. The maximum Gasteiger partial charge on any atom is 0.108 e. The second-order valence-electron chi connectivity index (χ2n) is 4.94. The fourth-order valence-corrected chi connectivity index (χ4v) is 2.30. The molecule has 1 aliphatic heterocycles. The van der Waals surface area contributed by atoms with Crippen LogP contribution < -0.4 is 5.32 Å². The molecule has 1 heterocycles. The van der Waals surface area contributed by atoms with Crippen molar-refractivity contribution in [1.82, 2.24) is 10.2 Å². The summed E-state index contributed by atoms with van der Waals surface area (Å²) in [5.74, 6) is 0.625. The molecule has 3 atom stereocenters. The van der Waals surface area contributed by atoms with Gasteiger partial charge in [0.05, 0.1) is 12.2 Å². The molecular weight excluding hydrogens is 214 g/mol. The third-order valence-electron chi connectivity index (χ3n) is 3.51. The SMILES string of the molecule is CCCNC(C#N)CN1CCC(C)C(OC)C1. The minimum absolute atomic E-state index is 0.0548. The standard InChI is InChI=1S/C13H25N3O/c1-4-6-15-12(8-14)9-16-7-5-11(2)13(10-16)17-3/h11-13,15H,4-7,9-10H2,1-3H3. The van der Waals surface area contributed by atoms with Gasteiger partial charge in [-0.2, -0.15) is 5.26 Å². The van der Waals surface area contributed by atoms with Gasteiger partial charge in [0.25, 0.3) is 0 Å². The van der Waals surface area contributed by atoms with Crippen molar-refractivity contribution in [1.29, 1.82) is 5.26 Å². The van der Waals surface area contributed by atoms with Crippen molar-refractivity contribution < 1.29 is 4.74 Å². The molecule has 0 bridgehead atoms. The van der Waals surface area contributed by atoms with E-state index in [4.69, 9.17) is 10.00 Å². The lowest BCUT2D eigenvalue weighted by Crippen LogP contribution is -2.49. The molecule has 0 amide bonds. The number of nitriles is 1. The Kier molecular flexibility index (Phi) is 6.49. The number of piperidine rings is 1. The number of likely N-dealkylation sites (tertiary alicyclic amines) is 1. The number of hydrogen-bond donors (Lipinski definition) is 1. The Balaban J connectivity index is 2.37. The van der Waals surface area contributed by atoms with Crippen LogP contribution in [0.5, 0.6) is 0 Å². The summed E-state index contributed by atoms with van der Waals surface area (Å²) in [4.78, 5) is 2.34. The minimum atomic E-state index is -0.0548. The van der Waals surface area contributed by atoms with Crippen LogP contribution in [-0.2, 0) is 4.74 Å². The van der Waals surface area contributed by atoms with E-state index >= 15 is 0 Å². The summed E-state index contributed by atoms with van der Waals surface area (Å²) in [5.41, 5.74) is 0. The van der Waals surface area contributed by atoms with Crippen LogP contribution >= 0.6 is 0 Å². The van der Waals surface area contributed by atoms with Crippen LogP contribution in [0, 0.1) is 17.2 Å². The van der Waals surface area contributed by atoms with E-state index in [2.05, 4.69) is 30.1 Å². The van der Waals surface area contributed by atoms with Crippen molar-refractivity contribution >= 4 is 0 Å². The molecule has 0 aliphatic carbocycles. The summed E-state index contributed by atoms with van der Waals surface area (Å²) in [6.45, 7) is 8.10. The fraction of sp³-hybridized carbons (Fsp3) is 0.923. The highest BCUT2D eigenvalue weighted by Gasteiger charge is 2.27. The van der Waals surface area contributed by atoms with Gasteiger partial charge in [-0.1, -0.05) is 13.8 Å². The maximum absolute atomic E-state index is 9.09. The molecule has 98 valence electrons. The Hall–Kier alpha value is -0.630. The van der Waals surface area contributed by atoms with E-state index in [0.717, 1.165) is 39.0 Å². The molecule has 1 aliphatic rings. The van der Waals surface area contributed by atoms with Gasteiger partial charge in [0.15, 0.2) is 0 Å². The van der Waals surface area contributed by atoms with Gasteiger partial charge in [-0.05, 0) is 31.8 Å². The molecule has 1 N–H and O–H groups in total. The summed E-state index contributed by atoms with van der Waals surface area (Å²) in [6.07, 6.45) is 2.54. The Bertz CT molecular complexity index is 252. The topological polar surface area (TPSA) is 48.3 Å². The van der Waals surface area contributed by atoms with Crippen molar-refractivity contribution in [2.45, 2.75) is 38.8 Å². The lowest BCUT2D eigenvalue weighted by molar-refractivity contribution is -0.00596. The zero-order valence-corrected chi connectivity index (χ0v) is 11.3. The smallest absolute Gasteiger partial charge is 0.108 e. The van der Waals surface area contributed by atoms with E-state index in [1.807, 2.05) is 0 Å².